The fraction of sp³-hybridized carbons (Fsp3) is 0.529. The van der Waals surface area contributed by atoms with Gasteiger partial charge in [0.1, 0.15) is 5.82 Å². The van der Waals surface area contributed by atoms with Gasteiger partial charge in [0.25, 0.3) is 0 Å². The quantitative estimate of drug-likeness (QED) is 0.870. The molecule has 0 spiro atoms. The van der Waals surface area contributed by atoms with Gasteiger partial charge in [0.05, 0.1) is 13.2 Å². The summed E-state index contributed by atoms with van der Waals surface area (Å²) in [5.41, 5.74) is 2.46. The molecular weight excluding hydrogens is 276 g/mol. The number of rotatable bonds is 4. The first-order valence-corrected chi connectivity index (χ1v) is 8.02. The highest BCUT2D eigenvalue weighted by molar-refractivity contribution is 5.55. The summed E-state index contributed by atoms with van der Waals surface area (Å²) in [6.07, 6.45) is 0. The summed E-state index contributed by atoms with van der Waals surface area (Å²) in [5.74, 6) is 1.77. The molecule has 118 valence electrons. The lowest BCUT2D eigenvalue weighted by atomic mass is 10.0. The maximum Gasteiger partial charge on any atom is 0.158 e. The summed E-state index contributed by atoms with van der Waals surface area (Å²) in [6.45, 7) is 10.8. The first-order valence-electron chi connectivity index (χ1n) is 8.02. The van der Waals surface area contributed by atoms with Crippen LogP contribution in [0.5, 0.6) is 0 Å². The van der Waals surface area contributed by atoms with Crippen molar-refractivity contribution < 1.29 is 4.74 Å². The van der Waals surface area contributed by atoms with Gasteiger partial charge in [0.15, 0.2) is 5.82 Å². The Hall–Kier alpha value is -1.72. The summed E-state index contributed by atoms with van der Waals surface area (Å²) in [4.78, 5) is 7.01. The predicted octanol–water partition coefficient (Wildman–Crippen LogP) is 2.67. The lowest BCUT2D eigenvalue weighted by Gasteiger charge is -2.32. The van der Waals surface area contributed by atoms with Crippen molar-refractivity contribution in [3.8, 4) is 11.4 Å². The number of hydrogen-bond donors (Lipinski definition) is 0. The Kier molecular flexibility index (Phi) is 4.55. The molecule has 1 fully saturated rings. The normalized spacial score (nSPS) is 17.6. The fourth-order valence-electron chi connectivity index (χ4n) is 2.98. The van der Waals surface area contributed by atoms with Gasteiger partial charge >= 0.3 is 0 Å². The second-order valence-electron chi connectivity index (χ2n) is 5.74. The second-order valence-corrected chi connectivity index (χ2v) is 5.74. The molecule has 0 aliphatic carbocycles. The van der Waals surface area contributed by atoms with E-state index in [1.807, 2.05) is 11.6 Å². The number of ether oxygens (including phenoxy) is 1. The molecule has 0 unspecified atom stereocenters. The van der Waals surface area contributed by atoms with Crippen LogP contribution in [0.2, 0.25) is 0 Å². The van der Waals surface area contributed by atoms with E-state index in [1.54, 1.807) is 0 Å². The zero-order chi connectivity index (χ0) is 15.5. The first-order chi connectivity index (χ1) is 10.7. The molecule has 5 heteroatoms. The van der Waals surface area contributed by atoms with Crippen molar-refractivity contribution in [3.63, 3.8) is 0 Å². The van der Waals surface area contributed by atoms with E-state index in [4.69, 9.17) is 4.74 Å². The topological polar surface area (TPSA) is 43.2 Å². The molecule has 0 N–H and O–H groups in total. The number of benzene rings is 1. The van der Waals surface area contributed by atoms with Gasteiger partial charge in [-0.05, 0) is 26.3 Å². The summed E-state index contributed by atoms with van der Waals surface area (Å²) in [6, 6.07) is 9.15. The summed E-state index contributed by atoms with van der Waals surface area (Å²) < 4.78 is 7.39. The molecule has 0 saturated carbocycles. The molecular formula is C17H24N4O. The van der Waals surface area contributed by atoms with Crippen molar-refractivity contribution in [3.05, 3.63) is 35.7 Å². The lowest BCUT2D eigenvalue weighted by molar-refractivity contribution is 0.0198. The molecule has 3 rings (SSSR count). The number of aryl methyl sites for hydroxylation is 2. The average Bonchev–Trinajstić information content (AvgIpc) is 2.96. The Labute approximate surface area is 131 Å². The SMILES string of the molecule is CCn1nc(C)nc1-c1ccc([C@H](C)N2CCOCC2)cc1. The first kappa shape index (κ1) is 15.2. The van der Waals surface area contributed by atoms with Crippen LogP contribution in [0.3, 0.4) is 0 Å². The predicted molar refractivity (Wildman–Crippen MR) is 86.7 cm³/mol. The summed E-state index contributed by atoms with van der Waals surface area (Å²) in [7, 11) is 0. The fourth-order valence-corrected chi connectivity index (χ4v) is 2.98. The van der Waals surface area contributed by atoms with Gasteiger partial charge < -0.3 is 4.74 Å². The van der Waals surface area contributed by atoms with Gasteiger partial charge in [0.2, 0.25) is 0 Å². The molecule has 1 aromatic heterocycles. The number of nitrogens with zero attached hydrogens (tertiary/aromatic N) is 4. The molecule has 2 heterocycles. The molecule has 2 aromatic rings. The minimum atomic E-state index is 0.420. The van der Waals surface area contributed by atoms with Crippen LogP contribution < -0.4 is 0 Å². The van der Waals surface area contributed by atoms with Crippen molar-refractivity contribution in [1.29, 1.82) is 0 Å². The number of hydrogen-bond acceptors (Lipinski definition) is 4. The highest BCUT2D eigenvalue weighted by Gasteiger charge is 2.18. The van der Waals surface area contributed by atoms with E-state index < -0.39 is 0 Å². The van der Waals surface area contributed by atoms with Gasteiger partial charge in [-0.25, -0.2) is 9.67 Å². The third kappa shape index (κ3) is 3.05. The molecule has 1 atom stereocenters. The van der Waals surface area contributed by atoms with E-state index in [9.17, 15) is 0 Å². The van der Waals surface area contributed by atoms with Crippen LogP contribution in [0.25, 0.3) is 11.4 Å². The van der Waals surface area contributed by atoms with Gasteiger partial charge in [-0.15, -0.1) is 0 Å². The van der Waals surface area contributed by atoms with E-state index in [-0.39, 0.29) is 0 Å². The van der Waals surface area contributed by atoms with E-state index in [0.29, 0.717) is 6.04 Å². The van der Waals surface area contributed by atoms with E-state index in [0.717, 1.165) is 50.1 Å². The molecule has 0 amide bonds. The van der Waals surface area contributed by atoms with Crippen LogP contribution in [-0.2, 0) is 11.3 Å². The number of aromatic nitrogens is 3. The molecule has 5 nitrogen and oxygen atoms in total. The van der Waals surface area contributed by atoms with Gasteiger partial charge in [-0.3, -0.25) is 4.90 Å². The minimum Gasteiger partial charge on any atom is -0.379 e. The average molecular weight is 300 g/mol. The van der Waals surface area contributed by atoms with Crippen LogP contribution in [0.15, 0.2) is 24.3 Å². The molecule has 0 bridgehead atoms. The monoisotopic (exact) mass is 300 g/mol. The molecule has 1 aliphatic heterocycles. The standard InChI is InChI=1S/C17H24N4O/c1-4-21-17(18-14(3)19-21)16-7-5-15(6-8-16)13(2)20-9-11-22-12-10-20/h5-8,13H,4,9-12H2,1-3H3/t13-/m0/s1. The lowest BCUT2D eigenvalue weighted by Crippen LogP contribution is -2.37. The number of morpholine rings is 1. The van der Waals surface area contributed by atoms with E-state index in [2.05, 4.69) is 53.1 Å². The Morgan fingerprint density at radius 1 is 1.18 bits per heavy atom. The molecule has 1 saturated heterocycles. The highest BCUT2D eigenvalue weighted by Crippen LogP contribution is 2.24. The Bertz CT molecular complexity index is 614. The van der Waals surface area contributed by atoms with Crippen LogP contribution in [0.4, 0.5) is 0 Å². The third-order valence-electron chi connectivity index (χ3n) is 4.32. The van der Waals surface area contributed by atoms with Gasteiger partial charge in [-0.1, -0.05) is 24.3 Å². The van der Waals surface area contributed by atoms with Crippen LogP contribution in [0.1, 0.15) is 31.3 Å². The Balaban J connectivity index is 1.80. The third-order valence-corrected chi connectivity index (χ3v) is 4.32. The van der Waals surface area contributed by atoms with Crippen LogP contribution in [-0.4, -0.2) is 46.0 Å². The molecule has 22 heavy (non-hydrogen) atoms. The highest BCUT2D eigenvalue weighted by atomic mass is 16.5. The maximum atomic E-state index is 5.43. The van der Waals surface area contributed by atoms with Crippen molar-refractivity contribution in [2.45, 2.75) is 33.4 Å². The maximum absolute atomic E-state index is 5.43. The Morgan fingerprint density at radius 2 is 1.86 bits per heavy atom. The van der Waals surface area contributed by atoms with Crippen LogP contribution >= 0.6 is 0 Å². The largest absolute Gasteiger partial charge is 0.379 e. The smallest absolute Gasteiger partial charge is 0.158 e. The molecule has 0 radical (unpaired) electrons. The second kappa shape index (κ2) is 6.58. The van der Waals surface area contributed by atoms with Crippen molar-refractivity contribution in [1.82, 2.24) is 19.7 Å². The molecule has 1 aliphatic rings. The van der Waals surface area contributed by atoms with Crippen LogP contribution in [0, 0.1) is 6.92 Å². The van der Waals surface area contributed by atoms with Crippen molar-refractivity contribution >= 4 is 0 Å². The van der Waals surface area contributed by atoms with E-state index >= 15 is 0 Å². The zero-order valence-electron chi connectivity index (χ0n) is 13.6. The summed E-state index contributed by atoms with van der Waals surface area (Å²) >= 11 is 0. The zero-order valence-corrected chi connectivity index (χ0v) is 13.6. The van der Waals surface area contributed by atoms with E-state index in [1.165, 1.54) is 5.56 Å². The van der Waals surface area contributed by atoms with Crippen molar-refractivity contribution in [2.75, 3.05) is 26.3 Å². The summed E-state index contributed by atoms with van der Waals surface area (Å²) in [5, 5.41) is 4.42. The molecule has 1 aromatic carbocycles. The van der Waals surface area contributed by atoms with Crippen molar-refractivity contribution in [2.24, 2.45) is 0 Å². The van der Waals surface area contributed by atoms with Gasteiger partial charge in [-0.2, -0.15) is 5.10 Å². The Morgan fingerprint density at radius 3 is 2.50 bits per heavy atom. The minimum absolute atomic E-state index is 0.420. The van der Waals surface area contributed by atoms with Gasteiger partial charge in [0, 0.05) is 31.2 Å².